The first kappa shape index (κ1) is 28.0. The van der Waals surface area contributed by atoms with Crippen LogP contribution in [0.4, 0.5) is 17.1 Å². The van der Waals surface area contributed by atoms with Gasteiger partial charge in [0.1, 0.15) is 0 Å². The number of nitrogens with one attached hydrogen (secondary N) is 2. The molecule has 0 aromatic heterocycles. The summed E-state index contributed by atoms with van der Waals surface area (Å²) in [6.07, 6.45) is 0. The highest BCUT2D eigenvalue weighted by atomic mass is 79.9. The van der Waals surface area contributed by atoms with Gasteiger partial charge in [-0.1, -0.05) is 57.4 Å². The molecule has 0 saturated heterocycles. The number of nitrogens with zero attached hydrogens (tertiary/aromatic N) is 1. The number of nitro groups is 1. The van der Waals surface area contributed by atoms with Crippen LogP contribution >= 0.6 is 27.5 Å². The minimum Gasteiger partial charge on any atom is -0.321 e. The predicted octanol–water partition coefficient (Wildman–Crippen LogP) is 6.60. The van der Waals surface area contributed by atoms with E-state index in [2.05, 4.69) is 26.0 Å². The maximum absolute atomic E-state index is 13.4. The van der Waals surface area contributed by atoms with Crippen LogP contribution in [-0.2, 0) is 10.0 Å². The van der Waals surface area contributed by atoms with E-state index in [9.17, 15) is 28.1 Å². The summed E-state index contributed by atoms with van der Waals surface area (Å²) >= 11 is 9.52. The molecule has 0 saturated carbocycles. The van der Waals surface area contributed by atoms with Crippen molar-refractivity contribution < 1.29 is 22.9 Å². The van der Waals surface area contributed by atoms with E-state index in [1.807, 2.05) is 0 Å². The number of halogens is 2. The molecule has 0 atom stereocenters. The fourth-order valence-corrected chi connectivity index (χ4v) is 5.30. The fourth-order valence-electron chi connectivity index (χ4n) is 3.64. The Morgan fingerprint density at radius 2 is 1.54 bits per heavy atom. The molecule has 0 fully saturated rings. The number of amides is 1. The van der Waals surface area contributed by atoms with Gasteiger partial charge in [0.25, 0.3) is 21.6 Å². The first-order chi connectivity index (χ1) is 18.5. The summed E-state index contributed by atoms with van der Waals surface area (Å²) in [5.41, 5.74) is 0.302. The van der Waals surface area contributed by atoms with Crippen molar-refractivity contribution in [1.29, 1.82) is 0 Å². The van der Waals surface area contributed by atoms with Gasteiger partial charge >= 0.3 is 0 Å². The van der Waals surface area contributed by atoms with Crippen molar-refractivity contribution in [2.24, 2.45) is 0 Å². The van der Waals surface area contributed by atoms with Crippen molar-refractivity contribution in [1.82, 2.24) is 0 Å². The Balaban J connectivity index is 1.73. The molecule has 39 heavy (non-hydrogen) atoms. The molecule has 0 unspecified atom stereocenters. The minimum atomic E-state index is -4.13. The number of hydrogen-bond donors (Lipinski definition) is 2. The van der Waals surface area contributed by atoms with E-state index >= 15 is 0 Å². The standard InChI is InChI=1S/C27H19BrClN3O6S/c1-16-6-10-19(11-7-16)39(37,38)31-25-13-9-18(32(35)36)15-22(25)27(34)30-24-12-8-17(28)14-21(24)26(33)20-4-2-3-5-23(20)29/h2-15,31H,1H3,(H,30,34). The smallest absolute Gasteiger partial charge is 0.270 e. The van der Waals surface area contributed by atoms with E-state index in [1.165, 1.54) is 30.3 Å². The molecule has 0 radical (unpaired) electrons. The molecule has 0 aliphatic rings. The summed E-state index contributed by atoms with van der Waals surface area (Å²) in [5.74, 6) is -1.35. The molecule has 0 spiro atoms. The number of ketones is 1. The largest absolute Gasteiger partial charge is 0.321 e. The molecule has 2 N–H and O–H groups in total. The van der Waals surface area contributed by atoms with Gasteiger partial charge in [0.2, 0.25) is 0 Å². The lowest BCUT2D eigenvalue weighted by Gasteiger charge is -2.15. The number of aryl methyl sites for hydroxylation is 1. The van der Waals surface area contributed by atoms with E-state index in [0.717, 1.165) is 23.8 Å². The molecular formula is C27H19BrClN3O6S. The highest BCUT2D eigenvalue weighted by Gasteiger charge is 2.24. The van der Waals surface area contributed by atoms with Gasteiger partial charge in [-0.25, -0.2) is 8.42 Å². The SMILES string of the molecule is Cc1ccc(S(=O)(=O)Nc2ccc([N+](=O)[O-])cc2C(=O)Nc2ccc(Br)cc2C(=O)c2ccccc2Cl)cc1. The van der Waals surface area contributed by atoms with Gasteiger partial charge < -0.3 is 5.32 Å². The van der Waals surface area contributed by atoms with E-state index in [4.69, 9.17) is 11.6 Å². The quantitative estimate of drug-likeness (QED) is 0.128. The van der Waals surface area contributed by atoms with E-state index in [0.29, 0.717) is 4.47 Å². The van der Waals surface area contributed by atoms with Crippen molar-refractivity contribution in [3.05, 3.63) is 127 Å². The number of sulfonamides is 1. The third kappa shape index (κ3) is 6.33. The van der Waals surface area contributed by atoms with Crippen molar-refractivity contribution in [2.75, 3.05) is 10.0 Å². The van der Waals surface area contributed by atoms with Crippen molar-refractivity contribution in [3.63, 3.8) is 0 Å². The maximum atomic E-state index is 13.4. The van der Waals surface area contributed by atoms with Gasteiger partial charge in [0, 0.05) is 27.7 Å². The Morgan fingerprint density at radius 3 is 2.21 bits per heavy atom. The molecule has 0 heterocycles. The minimum absolute atomic E-state index is 0.0571. The highest BCUT2D eigenvalue weighted by Crippen LogP contribution is 2.30. The number of carbonyl (C=O) groups excluding carboxylic acids is 2. The van der Waals surface area contributed by atoms with Gasteiger partial charge in [-0.05, 0) is 55.5 Å². The number of nitro benzene ring substituents is 1. The zero-order chi connectivity index (χ0) is 28.3. The highest BCUT2D eigenvalue weighted by molar-refractivity contribution is 9.10. The number of rotatable bonds is 8. The van der Waals surface area contributed by atoms with E-state index < -0.39 is 32.3 Å². The lowest BCUT2D eigenvalue weighted by Crippen LogP contribution is -2.20. The van der Waals surface area contributed by atoms with Crippen LogP contribution in [0.3, 0.4) is 0 Å². The molecule has 4 aromatic carbocycles. The maximum Gasteiger partial charge on any atom is 0.270 e. The van der Waals surface area contributed by atoms with Crippen LogP contribution in [0.1, 0.15) is 31.8 Å². The summed E-state index contributed by atoms with van der Waals surface area (Å²) in [4.78, 5) is 37.4. The fraction of sp³-hybridized carbons (Fsp3) is 0.0370. The zero-order valence-corrected chi connectivity index (χ0v) is 23.3. The van der Waals surface area contributed by atoms with E-state index in [1.54, 1.807) is 43.3 Å². The van der Waals surface area contributed by atoms with Crippen LogP contribution in [0.15, 0.2) is 94.3 Å². The van der Waals surface area contributed by atoms with Crippen LogP contribution in [0.2, 0.25) is 5.02 Å². The Labute approximate surface area is 237 Å². The third-order valence-electron chi connectivity index (χ3n) is 5.63. The van der Waals surface area contributed by atoms with Gasteiger partial charge in [0.05, 0.1) is 31.8 Å². The second kappa shape index (κ2) is 11.4. The average molecular weight is 629 g/mol. The lowest BCUT2D eigenvalue weighted by atomic mass is 10.0. The molecule has 4 rings (SSSR count). The molecule has 4 aromatic rings. The average Bonchev–Trinajstić information content (AvgIpc) is 2.89. The number of hydrogen-bond acceptors (Lipinski definition) is 6. The zero-order valence-electron chi connectivity index (χ0n) is 20.1. The first-order valence-corrected chi connectivity index (χ1v) is 13.9. The van der Waals surface area contributed by atoms with Crippen LogP contribution in [-0.4, -0.2) is 25.0 Å². The third-order valence-corrected chi connectivity index (χ3v) is 7.83. The molecule has 9 nitrogen and oxygen atoms in total. The summed E-state index contributed by atoms with van der Waals surface area (Å²) < 4.78 is 28.9. The molecular weight excluding hydrogens is 610 g/mol. The predicted molar refractivity (Wildman–Crippen MR) is 152 cm³/mol. The molecule has 1 amide bonds. The second-order valence-corrected chi connectivity index (χ2v) is 11.4. The molecule has 12 heteroatoms. The van der Waals surface area contributed by atoms with Crippen molar-refractivity contribution >= 4 is 66.3 Å². The van der Waals surface area contributed by atoms with Crippen LogP contribution in [0.5, 0.6) is 0 Å². The summed E-state index contributed by atoms with van der Waals surface area (Å²) in [7, 11) is -4.13. The summed E-state index contributed by atoms with van der Waals surface area (Å²) in [6.45, 7) is 1.80. The Kier molecular flexibility index (Phi) is 8.14. The van der Waals surface area contributed by atoms with Crippen LogP contribution in [0.25, 0.3) is 0 Å². The van der Waals surface area contributed by atoms with Crippen LogP contribution in [0, 0.1) is 17.0 Å². The molecule has 0 aliphatic carbocycles. The number of benzene rings is 4. The van der Waals surface area contributed by atoms with E-state index in [-0.39, 0.29) is 38.0 Å². The van der Waals surface area contributed by atoms with Gasteiger partial charge in [-0.2, -0.15) is 0 Å². The number of non-ortho nitro benzene ring substituents is 1. The van der Waals surface area contributed by atoms with Gasteiger partial charge in [-0.15, -0.1) is 0 Å². The van der Waals surface area contributed by atoms with Crippen LogP contribution < -0.4 is 10.0 Å². The Hall–Kier alpha value is -4.06. The molecule has 0 aliphatic heterocycles. The topological polar surface area (TPSA) is 135 Å². The summed E-state index contributed by atoms with van der Waals surface area (Å²) in [5, 5.41) is 14.2. The van der Waals surface area contributed by atoms with Gasteiger partial charge in [0.15, 0.2) is 5.78 Å². The molecule has 0 bridgehead atoms. The lowest BCUT2D eigenvalue weighted by molar-refractivity contribution is -0.384. The Bertz CT molecular complexity index is 1730. The monoisotopic (exact) mass is 627 g/mol. The van der Waals surface area contributed by atoms with Gasteiger partial charge in [-0.3, -0.25) is 24.4 Å². The number of carbonyl (C=O) groups is 2. The Morgan fingerprint density at radius 1 is 0.872 bits per heavy atom. The first-order valence-electron chi connectivity index (χ1n) is 11.2. The second-order valence-electron chi connectivity index (χ2n) is 8.36. The van der Waals surface area contributed by atoms with Crippen molar-refractivity contribution in [2.45, 2.75) is 11.8 Å². The molecule has 198 valence electrons. The normalized spacial score (nSPS) is 11.1. The number of anilines is 2. The summed E-state index contributed by atoms with van der Waals surface area (Å²) in [6, 6.07) is 20.2. The van der Waals surface area contributed by atoms with Crippen molar-refractivity contribution in [3.8, 4) is 0 Å².